The lowest BCUT2D eigenvalue weighted by Gasteiger charge is -2.16. The first-order valence-electron chi connectivity index (χ1n) is 7.36. The second kappa shape index (κ2) is 7.27. The first-order chi connectivity index (χ1) is 10.1. The van der Waals surface area contributed by atoms with Crippen LogP contribution in [0.1, 0.15) is 29.0 Å². The maximum atomic E-state index is 5.81. The third kappa shape index (κ3) is 4.33. The van der Waals surface area contributed by atoms with E-state index in [1.807, 2.05) is 32.0 Å². The van der Waals surface area contributed by atoms with Gasteiger partial charge >= 0.3 is 0 Å². The van der Waals surface area contributed by atoms with Crippen LogP contribution in [0.15, 0.2) is 28.8 Å². The van der Waals surface area contributed by atoms with E-state index >= 15 is 0 Å². The summed E-state index contributed by atoms with van der Waals surface area (Å²) >= 11 is 0. The molecule has 0 atom stereocenters. The monoisotopic (exact) mass is 288 g/mol. The number of para-hydroxylation sites is 1. The number of hydrogen-bond donors (Lipinski definition) is 0. The van der Waals surface area contributed by atoms with Crippen molar-refractivity contribution >= 4 is 0 Å². The summed E-state index contributed by atoms with van der Waals surface area (Å²) in [6.45, 7) is 8.60. The molecule has 0 aliphatic carbocycles. The van der Waals surface area contributed by atoms with Gasteiger partial charge in [0.2, 0.25) is 0 Å². The number of benzene rings is 1. The minimum atomic E-state index is 0.733. The number of rotatable bonds is 7. The highest BCUT2D eigenvalue weighted by molar-refractivity contribution is 5.31. The molecular formula is C17H24N2O2. The SMILES string of the molecule is Cc1ccccc1OCCCN(C)Cc1c(C)noc1C. The molecule has 0 saturated heterocycles. The fraction of sp³-hybridized carbons (Fsp3) is 0.471. The van der Waals surface area contributed by atoms with Crippen LogP contribution in [-0.4, -0.2) is 30.3 Å². The Morgan fingerprint density at radius 1 is 1.19 bits per heavy atom. The molecule has 0 amide bonds. The van der Waals surface area contributed by atoms with Crippen LogP contribution in [0.25, 0.3) is 0 Å². The lowest BCUT2D eigenvalue weighted by molar-refractivity contribution is 0.257. The Morgan fingerprint density at radius 2 is 1.95 bits per heavy atom. The van der Waals surface area contributed by atoms with Gasteiger partial charge in [-0.25, -0.2) is 0 Å². The highest BCUT2D eigenvalue weighted by Gasteiger charge is 2.11. The molecule has 1 aromatic carbocycles. The van der Waals surface area contributed by atoms with E-state index in [0.29, 0.717) is 0 Å². The number of hydrogen-bond acceptors (Lipinski definition) is 4. The van der Waals surface area contributed by atoms with Crippen LogP contribution in [-0.2, 0) is 6.54 Å². The van der Waals surface area contributed by atoms with Gasteiger partial charge in [-0.05, 0) is 45.9 Å². The standard InChI is InChI=1S/C17H24N2O2/c1-13-8-5-6-9-17(13)20-11-7-10-19(4)12-16-14(2)18-21-15(16)3/h5-6,8-9H,7,10-12H2,1-4H3. The quantitative estimate of drug-likeness (QED) is 0.731. The zero-order valence-electron chi connectivity index (χ0n) is 13.3. The maximum Gasteiger partial charge on any atom is 0.138 e. The van der Waals surface area contributed by atoms with E-state index in [4.69, 9.17) is 9.26 Å². The maximum absolute atomic E-state index is 5.81. The summed E-state index contributed by atoms with van der Waals surface area (Å²) in [5.41, 5.74) is 3.36. The van der Waals surface area contributed by atoms with Crippen LogP contribution in [0.3, 0.4) is 0 Å². The van der Waals surface area contributed by atoms with Gasteiger partial charge < -0.3 is 14.2 Å². The predicted molar refractivity (Wildman–Crippen MR) is 83.6 cm³/mol. The summed E-state index contributed by atoms with van der Waals surface area (Å²) < 4.78 is 11.0. The van der Waals surface area contributed by atoms with Crippen LogP contribution >= 0.6 is 0 Å². The molecule has 0 aliphatic heterocycles. The summed E-state index contributed by atoms with van der Waals surface area (Å²) in [7, 11) is 2.11. The molecule has 0 bridgehead atoms. The molecule has 0 unspecified atom stereocenters. The molecule has 21 heavy (non-hydrogen) atoms. The molecule has 1 heterocycles. The first kappa shape index (κ1) is 15.6. The van der Waals surface area contributed by atoms with Crippen molar-refractivity contribution in [1.82, 2.24) is 10.1 Å². The molecule has 0 spiro atoms. The van der Waals surface area contributed by atoms with Gasteiger partial charge in [0, 0.05) is 18.7 Å². The number of ether oxygens (including phenoxy) is 1. The van der Waals surface area contributed by atoms with E-state index in [1.165, 1.54) is 11.1 Å². The fourth-order valence-corrected chi connectivity index (χ4v) is 2.31. The molecule has 0 radical (unpaired) electrons. The molecule has 0 saturated carbocycles. The Kier molecular flexibility index (Phi) is 5.39. The second-order valence-electron chi connectivity index (χ2n) is 5.51. The number of nitrogens with zero attached hydrogens (tertiary/aromatic N) is 2. The molecule has 4 nitrogen and oxygen atoms in total. The minimum Gasteiger partial charge on any atom is -0.493 e. The minimum absolute atomic E-state index is 0.733. The Bertz CT molecular complexity index is 558. The summed E-state index contributed by atoms with van der Waals surface area (Å²) in [6, 6.07) is 8.12. The zero-order valence-corrected chi connectivity index (χ0v) is 13.3. The molecular weight excluding hydrogens is 264 g/mol. The summed E-state index contributed by atoms with van der Waals surface area (Å²) in [6.07, 6.45) is 0.994. The zero-order chi connectivity index (χ0) is 15.2. The molecule has 0 fully saturated rings. The average Bonchev–Trinajstić information content (AvgIpc) is 2.77. The van der Waals surface area contributed by atoms with E-state index in [9.17, 15) is 0 Å². The molecule has 0 N–H and O–H groups in total. The van der Waals surface area contributed by atoms with E-state index in [2.05, 4.69) is 30.1 Å². The first-order valence-corrected chi connectivity index (χ1v) is 7.36. The van der Waals surface area contributed by atoms with Gasteiger partial charge in [-0.2, -0.15) is 0 Å². The van der Waals surface area contributed by atoms with E-state index in [-0.39, 0.29) is 0 Å². The van der Waals surface area contributed by atoms with Crippen molar-refractivity contribution < 1.29 is 9.26 Å². The van der Waals surface area contributed by atoms with Crippen LogP contribution in [0.5, 0.6) is 5.75 Å². The molecule has 2 rings (SSSR count). The second-order valence-corrected chi connectivity index (χ2v) is 5.51. The van der Waals surface area contributed by atoms with Crippen molar-refractivity contribution in [1.29, 1.82) is 0 Å². The summed E-state index contributed by atoms with van der Waals surface area (Å²) in [5.74, 6) is 1.89. The van der Waals surface area contributed by atoms with Crippen molar-refractivity contribution in [2.75, 3.05) is 20.2 Å². The van der Waals surface area contributed by atoms with Gasteiger partial charge in [-0.1, -0.05) is 23.4 Å². The van der Waals surface area contributed by atoms with Crippen LogP contribution < -0.4 is 4.74 Å². The number of aromatic nitrogens is 1. The van der Waals surface area contributed by atoms with Crippen molar-refractivity contribution in [3.8, 4) is 5.75 Å². The lowest BCUT2D eigenvalue weighted by Crippen LogP contribution is -2.21. The van der Waals surface area contributed by atoms with Gasteiger partial charge in [0.05, 0.1) is 12.3 Å². The molecule has 114 valence electrons. The van der Waals surface area contributed by atoms with E-state index < -0.39 is 0 Å². The Labute approximate surface area is 126 Å². The normalized spacial score (nSPS) is 11.1. The lowest BCUT2D eigenvalue weighted by atomic mass is 10.2. The highest BCUT2D eigenvalue weighted by atomic mass is 16.5. The van der Waals surface area contributed by atoms with Crippen molar-refractivity contribution in [2.24, 2.45) is 0 Å². The molecule has 2 aromatic rings. The fourth-order valence-electron chi connectivity index (χ4n) is 2.31. The van der Waals surface area contributed by atoms with Crippen molar-refractivity contribution in [3.63, 3.8) is 0 Å². The van der Waals surface area contributed by atoms with Crippen molar-refractivity contribution in [2.45, 2.75) is 33.7 Å². The molecule has 0 aliphatic rings. The van der Waals surface area contributed by atoms with Gasteiger partial charge in [0.25, 0.3) is 0 Å². The van der Waals surface area contributed by atoms with Gasteiger partial charge in [-0.3, -0.25) is 0 Å². The molecule has 1 aromatic heterocycles. The average molecular weight is 288 g/mol. The van der Waals surface area contributed by atoms with Crippen molar-refractivity contribution in [3.05, 3.63) is 46.8 Å². The Morgan fingerprint density at radius 3 is 2.62 bits per heavy atom. The van der Waals surface area contributed by atoms with E-state index in [1.54, 1.807) is 0 Å². The van der Waals surface area contributed by atoms with Gasteiger partial charge in [0.1, 0.15) is 11.5 Å². The predicted octanol–water partition coefficient (Wildman–Crippen LogP) is 3.50. The van der Waals surface area contributed by atoms with Gasteiger partial charge in [0.15, 0.2) is 0 Å². The van der Waals surface area contributed by atoms with Crippen LogP contribution in [0, 0.1) is 20.8 Å². The highest BCUT2D eigenvalue weighted by Crippen LogP contribution is 2.17. The Hall–Kier alpha value is -1.81. The smallest absolute Gasteiger partial charge is 0.138 e. The van der Waals surface area contributed by atoms with Crippen LogP contribution in [0.4, 0.5) is 0 Å². The third-order valence-corrected chi connectivity index (χ3v) is 3.64. The largest absolute Gasteiger partial charge is 0.493 e. The van der Waals surface area contributed by atoms with E-state index in [0.717, 1.165) is 43.3 Å². The van der Waals surface area contributed by atoms with Gasteiger partial charge in [-0.15, -0.1) is 0 Å². The Balaban J connectivity index is 1.73. The summed E-state index contributed by atoms with van der Waals surface area (Å²) in [4.78, 5) is 2.27. The summed E-state index contributed by atoms with van der Waals surface area (Å²) in [5, 5.41) is 3.99. The van der Waals surface area contributed by atoms with Crippen LogP contribution in [0.2, 0.25) is 0 Å². The topological polar surface area (TPSA) is 38.5 Å². The number of aryl methyl sites for hydroxylation is 3. The third-order valence-electron chi connectivity index (χ3n) is 3.64. The molecule has 4 heteroatoms.